The Balaban J connectivity index is 0.979. The van der Waals surface area contributed by atoms with Gasteiger partial charge in [-0.2, -0.15) is 0 Å². The van der Waals surface area contributed by atoms with Crippen LogP contribution in [0.5, 0.6) is 0 Å². The van der Waals surface area contributed by atoms with Gasteiger partial charge in [-0.25, -0.2) is 15.0 Å². The van der Waals surface area contributed by atoms with Crippen LogP contribution in [0.2, 0.25) is 0 Å². The van der Waals surface area contributed by atoms with Gasteiger partial charge in [-0.15, -0.1) is 0 Å². The highest BCUT2D eigenvalue weighted by Gasteiger charge is 2.19. The monoisotopic (exact) mass is 910 g/mol. The minimum atomic E-state index is 0.684. The van der Waals surface area contributed by atoms with E-state index in [0.717, 1.165) is 107 Å². The standard InChI is InChI=1S/C67H50N4/c1-2-3-4-8-27-49-28-15-22-43-65(49)71-47-64(70-67(71)51-31-13-7-14-32-51)55-36-24-34-53(45-55)58-39-17-20-41-60(58)59-40-19-16-38-57(59)52-33-23-35-54(44-52)62-46-63(69-66(68-62)50-29-11-6-12-30-50)61-42-21-18-37-56(61)48-25-9-5-10-26-48/h2-26,28-47H,27H2,1H3/b3-2-,8-4-. The average molecular weight is 911 g/mol. The van der Waals surface area contributed by atoms with Crippen LogP contribution in [0.3, 0.4) is 0 Å². The van der Waals surface area contributed by atoms with Gasteiger partial charge < -0.3 is 0 Å². The van der Waals surface area contributed by atoms with E-state index in [1.54, 1.807) is 0 Å². The Morgan fingerprint density at radius 1 is 0.352 bits per heavy atom. The first-order chi connectivity index (χ1) is 35.2. The first kappa shape index (κ1) is 44.3. The van der Waals surface area contributed by atoms with Crippen LogP contribution in [0.1, 0.15) is 12.5 Å². The second-order valence-corrected chi connectivity index (χ2v) is 17.5. The topological polar surface area (TPSA) is 43.6 Å². The number of benzene rings is 9. The molecular formula is C67H50N4. The minimum absolute atomic E-state index is 0.684. The molecule has 0 saturated carbocycles. The Morgan fingerprint density at radius 3 is 1.44 bits per heavy atom. The van der Waals surface area contributed by atoms with E-state index in [1.165, 1.54) is 5.56 Å². The van der Waals surface area contributed by atoms with E-state index in [9.17, 15) is 0 Å². The molecule has 4 heteroatoms. The van der Waals surface area contributed by atoms with Crippen molar-refractivity contribution in [3.63, 3.8) is 0 Å². The Hall–Kier alpha value is -9.25. The first-order valence-electron chi connectivity index (χ1n) is 24.2. The third kappa shape index (κ3) is 9.48. The molecule has 2 heterocycles. The molecule has 0 aliphatic carbocycles. The predicted octanol–water partition coefficient (Wildman–Crippen LogP) is 17.3. The van der Waals surface area contributed by atoms with Gasteiger partial charge in [0.2, 0.25) is 0 Å². The Bertz CT molecular complexity index is 3680. The minimum Gasteiger partial charge on any atom is -0.299 e. The van der Waals surface area contributed by atoms with Crippen molar-refractivity contribution in [1.29, 1.82) is 0 Å². The van der Waals surface area contributed by atoms with E-state index in [4.69, 9.17) is 15.0 Å². The van der Waals surface area contributed by atoms with Crippen LogP contribution in [0.4, 0.5) is 0 Å². The molecule has 0 atom stereocenters. The van der Waals surface area contributed by atoms with Gasteiger partial charge in [-0.1, -0.05) is 243 Å². The number of hydrogen-bond donors (Lipinski definition) is 0. The van der Waals surface area contributed by atoms with Crippen LogP contribution in [0, 0.1) is 0 Å². The van der Waals surface area contributed by atoms with Crippen molar-refractivity contribution in [3.8, 4) is 107 Å². The molecule has 0 aliphatic rings. The maximum absolute atomic E-state index is 5.37. The number of allylic oxidation sites excluding steroid dienone is 4. The van der Waals surface area contributed by atoms with Crippen LogP contribution in [0.25, 0.3) is 107 Å². The van der Waals surface area contributed by atoms with Gasteiger partial charge in [0.05, 0.1) is 22.8 Å². The molecule has 0 radical (unpaired) electrons. The molecule has 0 unspecified atom stereocenters. The normalized spacial score (nSPS) is 11.4. The van der Waals surface area contributed by atoms with E-state index in [-0.39, 0.29) is 0 Å². The lowest BCUT2D eigenvalue weighted by atomic mass is 9.88. The average Bonchev–Trinajstić information content (AvgIpc) is 3.91. The van der Waals surface area contributed by atoms with E-state index in [2.05, 4.69) is 253 Å². The molecule has 0 saturated heterocycles. The van der Waals surface area contributed by atoms with E-state index in [0.29, 0.717) is 5.82 Å². The number of para-hydroxylation sites is 1. The van der Waals surface area contributed by atoms with Crippen LogP contribution >= 0.6 is 0 Å². The van der Waals surface area contributed by atoms with Gasteiger partial charge in [0, 0.05) is 34.0 Å². The molecule has 0 fully saturated rings. The molecule has 4 nitrogen and oxygen atoms in total. The van der Waals surface area contributed by atoms with Crippen molar-refractivity contribution in [1.82, 2.24) is 19.5 Å². The Labute approximate surface area is 416 Å². The zero-order chi connectivity index (χ0) is 47.8. The highest BCUT2D eigenvalue weighted by molar-refractivity contribution is 5.93. The molecule has 0 bridgehead atoms. The van der Waals surface area contributed by atoms with Crippen LogP contribution in [-0.4, -0.2) is 19.5 Å². The number of hydrogen-bond acceptors (Lipinski definition) is 3. The van der Waals surface area contributed by atoms with Gasteiger partial charge in [0.25, 0.3) is 0 Å². The summed E-state index contributed by atoms with van der Waals surface area (Å²) in [5.41, 5.74) is 19.2. The lowest BCUT2D eigenvalue weighted by Crippen LogP contribution is -2.00. The van der Waals surface area contributed by atoms with Crippen LogP contribution in [0.15, 0.2) is 273 Å². The third-order valence-electron chi connectivity index (χ3n) is 12.9. The number of aromatic nitrogens is 4. The predicted molar refractivity (Wildman–Crippen MR) is 296 cm³/mol. The molecule has 338 valence electrons. The molecule has 11 rings (SSSR count). The molecule has 71 heavy (non-hydrogen) atoms. The molecule has 2 aromatic heterocycles. The number of nitrogens with zero attached hydrogens (tertiary/aromatic N) is 4. The van der Waals surface area contributed by atoms with E-state index >= 15 is 0 Å². The summed E-state index contributed by atoms with van der Waals surface area (Å²) in [6, 6.07) is 85.5. The van der Waals surface area contributed by atoms with Crippen molar-refractivity contribution in [3.05, 3.63) is 279 Å². The maximum Gasteiger partial charge on any atom is 0.160 e. The quantitative estimate of drug-likeness (QED) is 0.108. The van der Waals surface area contributed by atoms with Crippen LogP contribution < -0.4 is 0 Å². The summed E-state index contributed by atoms with van der Waals surface area (Å²) in [4.78, 5) is 15.8. The van der Waals surface area contributed by atoms with Gasteiger partial charge in [0.15, 0.2) is 5.82 Å². The van der Waals surface area contributed by atoms with Crippen molar-refractivity contribution in [2.75, 3.05) is 0 Å². The molecule has 0 spiro atoms. The summed E-state index contributed by atoms with van der Waals surface area (Å²) in [5.74, 6) is 1.59. The fourth-order valence-electron chi connectivity index (χ4n) is 9.45. The number of rotatable bonds is 13. The maximum atomic E-state index is 5.37. The molecule has 0 aliphatic heterocycles. The SMILES string of the molecule is C/C=C\C=C/Cc1ccccc1-n1cc(-c2cccc(-c3ccccc3-c3ccccc3-c3cccc(-c4cc(-c5ccccc5-c5ccccc5)nc(-c5ccccc5)n4)c3)c2)nc1-c1ccccc1. The fraction of sp³-hybridized carbons (Fsp3) is 0.0299. The fourth-order valence-corrected chi connectivity index (χ4v) is 9.45. The molecule has 9 aromatic carbocycles. The Morgan fingerprint density at radius 2 is 0.817 bits per heavy atom. The highest BCUT2D eigenvalue weighted by atomic mass is 15.1. The second-order valence-electron chi connectivity index (χ2n) is 17.5. The summed E-state index contributed by atoms with van der Waals surface area (Å²) < 4.78 is 2.25. The highest BCUT2D eigenvalue weighted by Crippen LogP contribution is 2.41. The van der Waals surface area contributed by atoms with Gasteiger partial charge >= 0.3 is 0 Å². The van der Waals surface area contributed by atoms with Crippen molar-refractivity contribution in [2.24, 2.45) is 0 Å². The van der Waals surface area contributed by atoms with Gasteiger partial charge in [0.1, 0.15) is 5.82 Å². The van der Waals surface area contributed by atoms with Crippen molar-refractivity contribution >= 4 is 0 Å². The summed E-state index contributed by atoms with van der Waals surface area (Å²) in [7, 11) is 0. The van der Waals surface area contributed by atoms with Crippen molar-refractivity contribution < 1.29 is 0 Å². The molecular weight excluding hydrogens is 861 g/mol. The second kappa shape index (κ2) is 20.5. The van der Waals surface area contributed by atoms with E-state index in [1.807, 2.05) is 31.2 Å². The lowest BCUT2D eigenvalue weighted by Gasteiger charge is -2.16. The largest absolute Gasteiger partial charge is 0.299 e. The molecule has 0 N–H and O–H groups in total. The van der Waals surface area contributed by atoms with Gasteiger partial charge in [-0.3, -0.25) is 4.57 Å². The van der Waals surface area contributed by atoms with Crippen molar-refractivity contribution in [2.45, 2.75) is 13.3 Å². The lowest BCUT2D eigenvalue weighted by molar-refractivity contribution is 1.03. The van der Waals surface area contributed by atoms with Crippen LogP contribution in [-0.2, 0) is 6.42 Å². The summed E-state index contributed by atoms with van der Waals surface area (Å²) in [5, 5.41) is 0. The summed E-state index contributed by atoms with van der Waals surface area (Å²) in [6.07, 6.45) is 11.4. The smallest absolute Gasteiger partial charge is 0.160 e. The number of imidazole rings is 1. The Kier molecular flexibility index (Phi) is 12.8. The summed E-state index contributed by atoms with van der Waals surface area (Å²) in [6.45, 7) is 2.04. The zero-order valence-electron chi connectivity index (χ0n) is 39.5. The molecule has 0 amide bonds. The first-order valence-corrected chi connectivity index (χ1v) is 24.2. The molecule has 11 aromatic rings. The summed E-state index contributed by atoms with van der Waals surface area (Å²) >= 11 is 0. The van der Waals surface area contributed by atoms with Gasteiger partial charge in [-0.05, 0) is 87.7 Å². The zero-order valence-corrected chi connectivity index (χ0v) is 39.5. The van der Waals surface area contributed by atoms with E-state index < -0.39 is 0 Å². The third-order valence-corrected chi connectivity index (χ3v) is 12.9.